The Kier molecular flexibility index (Phi) is 6.33. The van der Waals surface area contributed by atoms with Gasteiger partial charge in [-0.25, -0.2) is 14.4 Å². The zero-order valence-electron chi connectivity index (χ0n) is 18.3. The summed E-state index contributed by atoms with van der Waals surface area (Å²) < 4.78 is 13.6. The van der Waals surface area contributed by atoms with Crippen molar-refractivity contribution in [1.29, 1.82) is 0 Å². The predicted octanol–water partition coefficient (Wildman–Crippen LogP) is 6.62. The van der Waals surface area contributed by atoms with E-state index in [1.165, 1.54) is 12.1 Å². The first-order valence-corrected chi connectivity index (χ1v) is 12.8. The number of halogens is 1. The van der Waals surface area contributed by atoms with Crippen molar-refractivity contribution in [3.63, 3.8) is 0 Å². The lowest BCUT2D eigenvalue weighted by atomic mass is 9.98. The molecule has 4 nitrogen and oxygen atoms in total. The third-order valence-corrected chi connectivity index (χ3v) is 7.83. The number of aryl methyl sites for hydroxylation is 1. The molecule has 1 amide bonds. The van der Waals surface area contributed by atoms with E-state index >= 15 is 0 Å². The molecule has 7 heteroatoms. The topological polar surface area (TPSA) is 46.1 Å². The van der Waals surface area contributed by atoms with Crippen LogP contribution in [0, 0.1) is 12.7 Å². The molecule has 2 aromatic heterocycles. The Morgan fingerprint density at radius 2 is 1.91 bits per heavy atom. The summed E-state index contributed by atoms with van der Waals surface area (Å²) >= 11 is 3.14. The average molecular weight is 478 g/mol. The maximum Gasteiger partial charge on any atom is 0.274 e. The average Bonchev–Trinajstić information content (AvgIpc) is 3.46. The van der Waals surface area contributed by atoms with Crippen molar-refractivity contribution in [3.05, 3.63) is 81.5 Å². The van der Waals surface area contributed by atoms with Gasteiger partial charge < -0.3 is 4.90 Å². The quantitative estimate of drug-likeness (QED) is 0.325. The number of likely N-dealkylation sites (tertiary alicyclic amines) is 1. The molecule has 1 aliphatic rings. The molecule has 1 aliphatic heterocycles. The highest BCUT2D eigenvalue weighted by Crippen LogP contribution is 2.33. The largest absolute Gasteiger partial charge is 0.334 e. The SMILES string of the molecule is Cc1nc(C(=O)N2CCCC[C@H]2Cc2nc(-c3cccc(F)c3)cs2)c(-c2ccccc2)s1. The summed E-state index contributed by atoms with van der Waals surface area (Å²) in [6, 6.07) is 16.6. The van der Waals surface area contributed by atoms with Gasteiger partial charge >= 0.3 is 0 Å². The van der Waals surface area contributed by atoms with Crippen molar-refractivity contribution in [1.82, 2.24) is 14.9 Å². The molecule has 2 aromatic carbocycles. The number of rotatable bonds is 5. The number of piperidine rings is 1. The van der Waals surface area contributed by atoms with E-state index in [9.17, 15) is 9.18 Å². The van der Waals surface area contributed by atoms with Crippen LogP contribution in [0.2, 0.25) is 0 Å². The van der Waals surface area contributed by atoms with E-state index in [0.717, 1.165) is 57.5 Å². The summed E-state index contributed by atoms with van der Waals surface area (Å²) in [5, 5.41) is 3.83. The van der Waals surface area contributed by atoms with Gasteiger partial charge in [0.15, 0.2) is 0 Å². The normalized spacial score (nSPS) is 16.2. The van der Waals surface area contributed by atoms with Crippen LogP contribution in [-0.2, 0) is 6.42 Å². The van der Waals surface area contributed by atoms with Crippen molar-refractivity contribution in [2.24, 2.45) is 0 Å². The Bertz CT molecular complexity index is 1270. The van der Waals surface area contributed by atoms with E-state index in [1.807, 2.05) is 53.6 Å². The number of thiazole rings is 2. The fraction of sp³-hybridized carbons (Fsp3) is 0.269. The summed E-state index contributed by atoms with van der Waals surface area (Å²) in [6.45, 7) is 2.68. The Morgan fingerprint density at radius 1 is 1.09 bits per heavy atom. The molecule has 4 aromatic rings. The maximum atomic E-state index is 13.7. The summed E-state index contributed by atoms with van der Waals surface area (Å²) in [5.74, 6) is -0.260. The molecule has 168 valence electrons. The smallest absolute Gasteiger partial charge is 0.274 e. The molecule has 0 aliphatic carbocycles. The highest BCUT2D eigenvalue weighted by atomic mass is 32.1. The fourth-order valence-corrected chi connectivity index (χ4v) is 6.15. The molecule has 1 atom stereocenters. The molecular formula is C26H24FN3OS2. The first-order chi connectivity index (χ1) is 16.1. The molecular weight excluding hydrogens is 453 g/mol. The Balaban J connectivity index is 1.39. The lowest BCUT2D eigenvalue weighted by molar-refractivity contribution is 0.0609. The second-order valence-corrected chi connectivity index (χ2v) is 10.4. The van der Waals surface area contributed by atoms with Gasteiger partial charge in [0.2, 0.25) is 0 Å². The van der Waals surface area contributed by atoms with Crippen LogP contribution in [0.1, 0.15) is 39.8 Å². The van der Waals surface area contributed by atoms with Crippen molar-refractivity contribution < 1.29 is 9.18 Å². The van der Waals surface area contributed by atoms with Gasteiger partial charge in [0.25, 0.3) is 5.91 Å². The minimum absolute atomic E-state index is 0.00446. The highest BCUT2D eigenvalue weighted by molar-refractivity contribution is 7.15. The van der Waals surface area contributed by atoms with Crippen LogP contribution in [0.15, 0.2) is 60.0 Å². The molecule has 0 unspecified atom stereocenters. The van der Waals surface area contributed by atoms with E-state index in [1.54, 1.807) is 28.7 Å². The van der Waals surface area contributed by atoms with Crippen molar-refractivity contribution in [3.8, 4) is 21.7 Å². The van der Waals surface area contributed by atoms with Gasteiger partial charge in [-0.3, -0.25) is 4.79 Å². The Hall–Kier alpha value is -2.90. The molecule has 1 saturated heterocycles. The summed E-state index contributed by atoms with van der Waals surface area (Å²) in [7, 11) is 0. The number of carbonyl (C=O) groups is 1. The standard InChI is InChI=1S/C26H24FN3OS2/c1-17-28-24(25(33-17)18-8-3-2-4-9-18)26(31)30-13-6-5-12-21(30)15-23-29-22(16-32-23)19-10-7-11-20(27)14-19/h2-4,7-11,14,16,21H,5-6,12-13,15H2,1H3/t21-/m0/s1. The van der Waals surface area contributed by atoms with E-state index in [0.29, 0.717) is 12.1 Å². The van der Waals surface area contributed by atoms with Gasteiger partial charge in [-0.1, -0.05) is 42.5 Å². The fourth-order valence-electron chi connectivity index (χ4n) is 4.36. The van der Waals surface area contributed by atoms with E-state index in [-0.39, 0.29) is 17.8 Å². The lowest BCUT2D eigenvalue weighted by Crippen LogP contribution is -2.45. The molecule has 5 rings (SSSR count). The lowest BCUT2D eigenvalue weighted by Gasteiger charge is -2.35. The molecule has 1 fully saturated rings. The molecule has 0 N–H and O–H groups in total. The Morgan fingerprint density at radius 3 is 2.73 bits per heavy atom. The van der Waals surface area contributed by atoms with Gasteiger partial charge in [-0.2, -0.15) is 0 Å². The number of amides is 1. The monoisotopic (exact) mass is 477 g/mol. The van der Waals surface area contributed by atoms with Crippen LogP contribution in [0.4, 0.5) is 4.39 Å². The van der Waals surface area contributed by atoms with Crippen molar-refractivity contribution >= 4 is 28.6 Å². The van der Waals surface area contributed by atoms with Crippen LogP contribution in [0.3, 0.4) is 0 Å². The number of nitrogens with zero attached hydrogens (tertiary/aromatic N) is 3. The first-order valence-electron chi connectivity index (χ1n) is 11.1. The second-order valence-electron chi connectivity index (χ2n) is 8.27. The van der Waals surface area contributed by atoms with Crippen LogP contribution in [0.25, 0.3) is 21.7 Å². The third kappa shape index (κ3) is 4.75. The third-order valence-electron chi connectivity index (χ3n) is 5.94. The first kappa shape index (κ1) is 21.9. The summed E-state index contributed by atoms with van der Waals surface area (Å²) in [5.41, 5.74) is 3.14. The zero-order chi connectivity index (χ0) is 22.8. The van der Waals surface area contributed by atoms with Crippen LogP contribution >= 0.6 is 22.7 Å². The number of benzene rings is 2. The summed E-state index contributed by atoms with van der Waals surface area (Å²) in [4.78, 5) is 26.0. The molecule has 0 radical (unpaired) electrons. The minimum Gasteiger partial charge on any atom is -0.334 e. The van der Waals surface area contributed by atoms with E-state index < -0.39 is 0 Å². The van der Waals surface area contributed by atoms with E-state index in [2.05, 4.69) is 4.98 Å². The molecule has 0 spiro atoms. The van der Waals surface area contributed by atoms with Gasteiger partial charge in [0.05, 0.1) is 20.6 Å². The predicted molar refractivity (Wildman–Crippen MR) is 132 cm³/mol. The van der Waals surface area contributed by atoms with Crippen LogP contribution in [0.5, 0.6) is 0 Å². The van der Waals surface area contributed by atoms with Crippen molar-refractivity contribution in [2.75, 3.05) is 6.54 Å². The van der Waals surface area contributed by atoms with Gasteiger partial charge in [0, 0.05) is 30.0 Å². The molecule has 33 heavy (non-hydrogen) atoms. The molecule has 0 saturated carbocycles. The maximum absolute atomic E-state index is 13.7. The second kappa shape index (κ2) is 9.53. The van der Waals surface area contributed by atoms with Crippen LogP contribution in [-0.4, -0.2) is 33.4 Å². The van der Waals surface area contributed by atoms with Gasteiger partial charge in [-0.15, -0.1) is 22.7 Å². The number of carbonyl (C=O) groups excluding carboxylic acids is 1. The number of hydrogen-bond acceptors (Lipinski definition) is 5. The Labute approximate surface area is 200 Å². The van der Waals surface area contributed by atoms with Gasteiger partial charge in [0.1, 0.15) is 11.5 Å². The summed E-state index contributed by atoms with van der Waals surface area (Å²) in [6.07, 6.45) is 3.75. The molecule has 0 bridgehead atoms. The van der Waals surface area contributed by atoms with Crippen molar-refractivity contribution in [2.45, 2.75) is 38.6 Å². The van der Waals surface area contributed by atoms with Gasteiger partial charge in [-0.05, 0) is 43.9 Å². The number of aromatic nitrogens is 2. The highest BCUT2D eigenvalue weighted by Gasteiger charge is 2.31. The van der Waals surface area contributed by atoms with E-state index in [4.69, 9.17) is 4.98 Å². The number of hydrogen-bond donors (Lipinski definition) is 0. The molecule has 3 heterocycles. The van der Waals surface area contributed by atoms with Crippen LogP contribution < -0.4 is 0 Å². The zero-order valence-corrected chi connectivity index (χ0v) is 20.0. The minimum atomic E-state index is -0.265.